The van der Waals surface area contributed by atoms with Gasteiger partial charge in [0, 0.05) is 24.8 Å². The second kappa shape index (κ2) is 5.71. The Balaban J connectivity index is 2.47. The van der Waals surface area contributed by atoms with E-state index in [9.17, 15) is 0 Å². The Hall–Kier alpha value is -2.07. The number of pyridine rings is 1. The number of nitrogens with zero attached hydrogens (tertiary/aromatic N) is 2. The highest BCUT2D eigenvalue weighted by molar-refractivity contribution is 5.68. The fraction of sp³-hybridized carbons (Fsp3) is 0.267. The lowest BCUT2D eigenvalue weighted by molar-refractivity contribution is 0.415. The van der Waals surface area contributed by atoms with Crippen molar-refractivity contribution in [1.82, 2.24) is 4.98 Å². The first-order valence-corrected chi connectivity index (χ1v) is 6.22. The van der Waals surface area contributed by atoms with E-state index in [1.807, 2.05) is 55.3 Å². The van der Waals surface area contributed by atoms with Crippen LogP contribution in [0, 0.1) is 0 Å². The van der Waals surface area contributed by atoms with Gasteiger partial charge in [-0.1, -0.05) is 18.2 Å². The lowest BCUT2D eigenvalue weighted by Crippen LogP contribution is -2.17. The molecular formula is C15H19N3O. The third-order valence-electron chi connectivity index (χ3n) is 3.07. The van der Waals surface area contributed by atoms with Crippen LogP contribution in [0.3, 0.4) is 0 Å². The molecule has 1 aromatic heterocycles. The van der Waals surface area contributed by atoms with Gasteiger partial charge in [0.15, 0.2) is 0 Å². The van der Waals surface area contributed by atoms with Crippen molar-refractivity contribution in [2.24, 2.45) is 5.73 Å². The fourth-order valence-corrected chi connectivity index (χ4v) is 2.07. The van der Waals surface area contributed by atoms with E-state index in [0.717, 1.165) is 22.8 Å². The molecule has 0 radical (unpaired) electrons. The SMILES string of the molecule is COc1ccccc1N(C)c1ncccc1[C@H](C)N. The van der Waals surface area contributed by atoms with E-state index < -0.39 is 0 Å². The Morgan fingerprint density at radius 2 is 1.95 bits per heavy atom. The summed E-state index contributed by atoms with van der Waals surface area (Å²) in [6.07, 6.45) is 1.77. The average molecular weight is 257 g/mol. The molecule has 0 fully saturated rings. The van der Waals surface area contributed by atoms with Crippen LogP contribution in [-0.2, 0) is 0 Å². The molecule has 0 aliphatic carbocycles. The lowest BCUT2D eigenvalue weighted by atomic mass is 10.1. The highest BCUT2D eigenvalue weighted by Crippen LogP contribution is 2.33. The van der Waals surface area contributed by atoms with Crippen molar-refractivity contribution in [1.29, 1.82) is 0 Å². The Kier molecular flexibility index (Phi) is 4.02. The molecule has 0 aliphatic rings. The van der Waals surface area contributed by atoms with Gasteiger partial charge >= 0.3 is 0 Å². The van der Waals surface area contributed by atoms with Crippen LogP contribution >= 0.6 is 0 Å². The first-order valence-electron chi connectivity index (χ1n) is 6.22. The van der Waals surface area contributed by atoms with Crippen molar-refractivity contribution in [2.45, 2.75) is 13.0 Å². The maximum Gasteiger partial charge on any atom is 0.142 e. The Morgan fingerprint density at radius 1 is 1.21 bits per heavy atom. The molecule has 0 saturated heterocycles. The number of anilines is 2. The number of para-hydroxylation sites is 2. The van der Waals surface area contributed by atoms with Gasteiger partial charge in [0.25, 0.3) is 0 Å². The molecule has 0 aliphatic heterocycles. The topological polar surface area (TPSA) is 51.4 Å². The van der Waals surface area contributed by atoms with Crippen LogP contribution in [0.5, 0.6) is 5.75 Å². The predicted molar refractivity (Wildman–Crippen MR) is 77.9 cm³/mol. The largest absolute Gasteiger partial charge is 0.495 e. The summed E-state index contributed by atoms with van der Waals surface area (Å²) in [6.45, 7) is 1.95. The van der Waals surface area contributed by atoms with Gasteiger partial charge in [-0.15, -0.1) is 0 Å². The number of nitrogens with two attached hydrogens (primary N) is 1. The van der Waals surface area contributed by atoms with Crippen LogP contribution < -0.4 is 15.4 Å². The average Bonchev–Trinajstić information content (AvgIpc) is 2.46. The van der Waals surface area contributed by atoms with E-state index in [4.69, 9.17) is 10.5 Å². The van der Waals surface area contributed by atoms with Gasteiger partial charge in [-0.3, -0.25) is 0 Å². The lowest BCUT2D eigenvalue weighted by Gasteiger charge is -2.24. The zero-order valence-corrected chi connectivity index (χ0v) is 11.5. The third-order valence-corrected chi connectivity index (χ3v) is 3.07. The first-order chi connectivity index (χ1) is 9.15. The van der Waals surface area contributed by atoms with E-state index in [1.54, 1.807) is 13.3 Å². The van der Waals surface area contributed by atoms with Gasteiger partial charge in [-0.25, -0.2) is 4.98 Å². The van der Waals surface area contributed by atoms with Crippen LogP contribution in [0.25, 0.3) is 0 Å². The molecule has 0 bridgehead atoms. The van der Waals surface area contributed by atoms with Gasteiger partial charge in [0.05, 0.1) is 12.8 Å². The molecule has 1 aromatic carbocycles. The Bertz CT molecular complexity index is 555. The van der Waals surface area contributed by atoms with E-state index >= 15 is 0 Å². The van der Waals surface area contributed by atoms with Gasteiger partial charge < -0.3 is 15.4 Å². The molecule has 4 nitrogen and oxygen atoms in total. The van der Waals surface area contributed by atoms with Gasteiger partial charge in [-0.2, -0.15) is 0 Å². The first kappa shape index (κ1) is 13.4. The van der Waals surface area contributed by atoms with Crippen LogP contribution in [0.1, 0.15) is 18.5 Å². The molecule has 1 atom stereocenters. The molecule has 19 heavy (non-hydrogen) atoms. The van der Waals surface area contributed by atoms with Gasteiger partial charge in [-0.05, 0) is 25.1 Å². The van der Waals surface area contributed by atoms with Crippen molar-refractivity contribution < 1.29 is 4.74 Å². The smallest absolute Gasteiger partial charge is 0.142 e. The molecule has 1 heterocycles. The fourth-order valence-electron chi connectivity index (χ4n) is 2.07. The van der Waals surface area contributed by atoms with E-state index in [2.05, 4.69) is 4.98 Å². The van der Waals surface area contributed by atoms with Gasteiger partial charge in [0.2, 0.25) is 0 Å². The molecular weight excluding hydrogens is 238 g/mol. The minimum atomic E-state index is -0.0687. The standard InChI is InChI=1S/C15H19N3O/c1-11(16)12-7-6-10-17-15(12)18(2)13-8-4-5-9-14(13)19-3/h4-11H,16H2,1-3H3/t11-/m0/s1. The van der Waals surface area contributed by atoms with E-state index in [0.29, 0.717) is 0 Å². The Labute approximate surface area is 113 Å². The zero-order chi connectivity index (χ0) is 13.8. The second-order valence-corrected chi connectivity index (χ2v) is 4.44. The number of benzene rings is 1. The number of hydrogen-bond acceptors (Lipinski definition) is 4. The van der Waals surface area contributed by atoms with E-state index in [-0.39, 0.29) is 6.04 Å². The highest BCUT2D eigenvalue weighted by Gasteiger charge is 2.15. The molecule has 0 saturated carbocycles. The molecule has 0 unspecified atom stereocenters. The summed E-state index contributed by atoms with van der Waals surface area (Å²) in [5, 5.41) is 0. The number of rotatable bonds is 4. The van der Waals surface area contributed by atoms with Crippen molar-refractivity contribution in [2.75, 3.05) is 19.1 Å². The number of ether oxygens (including phenoxy) is 1. The second-order valence-electron chi connectivity index (χ2n) is 4.44. The predicted octanol–water partition coefficient (Wildman–Crippen LogP) is 2.88. The van der Waals surface area contributed by atoms with Gasteiger partial charge in [0.1, 0.15) is 11.6 Å². The normalized spacial score (nSPS) is 12.0. The summed E-state index contributed by atoms with van der Waals surface area (Å²) < 4.78 is 5.39. The third kappa shape index (κ3) is 2.69. The van der Waals surface area contributed by atoms with Crippen LogP contribution in [0.2, 0.25) is 0 Å². The molecule has 2 rings (SSSR count). The molecule has 2 aromatic rings. The maximum absolute atomic E-state index is 6.00. The number of methoxy groups -OCH3 is 1. The van der Waals surface area contributed by atoms with Crippen LogP contribution in [0.15, 0.2) is 42.6 Å². The van der Waals surface area contributed by atoms with E-state index in [1.165, 1.54) is 0 Å². The summed E-state index contributed by atoms with van der Waals surface area (Å²) in [4.78, 5) is 6.44. The quantitative estimate of drug-likeness (QED) is 0.915. The monoisotopic (exact) mass is 257 g/mol. The minimum Gasteiger partial charge on any atom is -0.495 e. The van der Waals surface area contributed by atoms with Crippen molar-refractivity contribution in [3.8, 4) is 5.75 Å². The maximum atomic E-state index is 6.00. The highest BCUT2D eigenvalue weighted by atomic mass is 16.5. The van der Waals surface area contributed by atoms with Crippen LogP contribution in [-0.4, -0.2) is 19.1 Å². The minimum absolute atomic E-state index is 0.0687. The number of hydrogen-bond donors (Lipinski definition) is 1. The molecule has 100 valence electrons. The summed E-state index contributed by atoms with van der Waals surface area (Å²) in [6, 6.07) is 11.7. The summed E-state index contributed by atoms with van der Waals surface area (Å²) in [7, 11) is 3.63. The van der Waals surface area contributed by atoms with Crippen molar-refractivity contribution >= 4 is 11.5 Å². The molecule has 0 spiro atoms. The van der Waals surface area contributed by atoms with Crippen molar-refractivity contribution in [3.05, 3.63) is 48.2 Å². The summed E-state index contributed by atoms with van der Waals surface area (Å²) in [5.41, 5.74) is 7.98. The molecule has 2 N–H and O–H groups in total. The Morgan fingerprint density at radius 3 is 2.63 bits per heavy atom. The zero-order valence-electron chi connectivity index (χ0n) is 11.5. The number of aromatic nitrogens is 1. The molecule has 0 amide bonds. The summed E-state index contributed by atoms with van der Waals surface area (Å²) in [5.74, 6) is 1.66. The summed E-state index contributed by atoms with van der Waals surface area (Å²) >= 11 is 0. The van der Waals surface area contributed by atoms with Crippen molar-refractivity contribution in [3.63, 3.8) is 0 Å². The van der Waals surface area contributed by atoms with Crippen LogP contribution in [0.4, 0.5) is 11.5 Å². The molecule has 4 heteroatoms.